The van der Waals surface area contributed by atoms with Gasteiger partial charge in [-0.1, -0.05) is 41.0 Å². The molecule has 0 aromatic rings. The highest BCUT2D eigenvalue weighted by molar-refractivity contribution is 5.87. The normalized spacial score (nSPS) is 15.7. The fourth-order valence-corrected chi connectivity index (χ4v) is 4.16. The zero-order valence-corrected chi connectivity index (χ0v) is 21.0. The predicted octanol–water partition coefficient (Wildman–Crippen LogP) is 2.36. The van der Waals surface area contributed by atoms with Gasteiger partial charge in [-0.05, 0) is 58.3 Å². The summed E-state index contributed by atoms with van der Waals surface area (Å²) in [5, 5.41) is 6.04. The number of amides is 2. The van der Waals surface area contributed by atoms with Gasteiger partial charge in [0.25, 0.3) is 0 Å². The zero-order chi connectivity index (χ0) is 23.3. The van der Waals surface area contributed by atoms with Gasteiger partial charge in [-0.2, -0.15) is 0 Å². The molecule has 2 amide bonds. The topological polar surface area (TPSA) is 73.9 Å². The highest BCUT2D eigenvalue weighted by atomic mass is 16.5. The highest BCUT2D eigenvalue weighted by Gasteiger charge is 2.32. The zero-order valence-electron chi connectivity index (χ0n) is 21.0. The van der Waals surface area contributed by atoms with E-state index in [2.05, 4.69) is 36.3 Å². The van der Waals surface area contributed by atoms with Gasteiger partial charge in [-0.25, -0.2) is 0 Å². The van der Waals surface area contributed by atoms with Gasteiger partial charge >= 0.3 is 0 Å². The summed E-state index contributed by atoms with van der Waals surface area (Å²) in [4.78, 5) is 29.6. The van der Waals surface area contributed by atoms with Crippen LogP contribution in [0.25, 0.3) is 0 Å². The summed E-state index contributed by atoms with van der Waals surface area (Å²) >= 11 is 0. The molecule has 0 bridgehead atoms. The number of methoxy groups -OCH3 is 1. The second-order valence-electron chi connectivity index (χ2n) is 8.76. The van der Waals surface area contributed by atoms with Gasteiger partial charge in [0.2, 0.25) is 11.8 Å². The first-order valence-electron chi connectivity index (χ1n) is 11.6. The van der Waals surface area contributed by atoms with E-state index in [4.69, 9.17) is 4.74 Å². The minimum absolute atomic E-state index is 0.00912. The molecule has 0 saturated carbocycles. The number of rotatable bonds is 16. The molecule has 0 radical (unpaired) electrons. The summed E-state index contributed by atoms with van der Waals surface area (Å²) in [6.07, 6.45) is 3.88. The predicted molar refractivity (Wildman–Crippen MR) is 125 cm³/mol. The minimum atomic E-state index is -0.245. The van der Waals surface area contributed by atoms with Crippen LogP contribution in [0.4, 0.5) is 0 Å². The van der Waals surface area contributed by atoms with Gasteiger partial charge in [0.15, 0.2) is 0 Å². The van der Waals surface area contributed by atoms with Crippen molar-refractivity contribution in [3.63, 3.8) is 0 Å². The molecule has 178 valence electrons. The van der Waals surface area contributed by atoms with Crippen molar-refractivity contribution in [2.75, 3.05) is 47.9 Å². The second kappa shape index (κ2) is 15.6. The Hall–Kier alpha value is -1.18. The molecular formula is C23H48N4O3. The quantitative estimate of drug-likeness (QED) is 0.369. The summed E-state index contributed by atoms with van der Waals surface area (Å²) < 4.78 is 5.65. The fraction of sp³-hybridized carbons (Fsp3) is 0.913. The maximum Gasteiger partial charge on any atom is 0.242 e. The molecule has 0 saturated heterocycles. The van der Waals surface area contributed by atoms with Crippen LogP contribution in [0.2, 0.25) is 0 Å². The fourth-order valence-electron chi connectivity index (χ4n) is 4.16. The third-order valence-corrected chi connectivity index (χ3v) is 6.13. The number of likely N-dealkylation sites (N-methyl/N-ethyl adjacent to an activating group) is 2. The Morgan fingerprint density at radius 2 is 1.67 bits per heavy atom. The van der Waals surface area contributed by atoms with Crippen molar-refractivity contribution >= 4 is 11.8 Å². The summed E-state index contributed by atoms with van der Waals surface area (Å²) in [5.41, 5.74) is 0. The summed E-state index contributed by atoms with van der Waals surface area (Å²) in [6.45, 7) is 12.3. The monoisotopic (exact) mass is 428 g/mol. The molecule has 30 heavy (non-hydrogen) atoms. The number of nitrogens with one attached hydrogen (secondary N) is 2. The van der Waals surface area contributed by atoms with Crippen LogP contribution in [-0.2, 0) is 14.3 Å². The van der Waals surface area contributed by atoms with E-state index in [-0.39, 0.29) is 42.5 Å². The van der Waals surface area contributed by atoms with E-state index in [9.17, 15) is 9.59 Å². The van der Waals surface area contributed by atoms with Crippen LogP contribution in [-0.4, -0.2) is 87.7 Å². The van der Waals surface area contributed by atoms with Gasteiger partial charge in [0.05, 0.1) is 24.7 Å². The van der Waals surface area contributed by atoms with Crippen LogP contribution in [0.1, 0.15) is 60.3 Å². The molecule has 0 aliphatic heterocycles. The number of nitrogens with zero attached hydrogens (tertiary/aromatic N) is 2. The lowest BCUT2D eigenvalue weighted by Gasteiger charge is -2.37. The standard InChI is InChI=1S/C23H48N4O3/c1-10-18(5)22(19(11-2)30-9)27(8)20(28)16-25-23(29)21(17(3)4)26(7)15-13-12-14-24-6/h17-19,21-22,24H,10-16H2,1-9H3,(H,25,29). The number of ether oxygens (including phenoxy) is 1. The first-order valence-corrected chi connectivity index (χ1v) is 11.6. The van der Waals surface area contributed by atoms with E-state index < -0.39 is 0 Å². The molecule has 0 fully saturated rings. The van der Waals surface area contributed by atoms with Gasteiger partial charge in [-0.15, -0.1) is 0 Å². The summed E-state index contributed by atoms with van der Waals surface area (Å²) in [7, 11) is 7.45. The van der Waals surface area contributed by atoms with Crippen LogP contribution in [0.5, 0.6) is 0 Å². The van der Waals surface area contributed by atoms with E-state index in [1.807, 2.05) is 35.0 Å². The molecule has 7 heteroatoms. The third-order valence-electron chi connectivity index (χ3n) is 6.13. The van der Waals surface area contributed by atoms with Crippen molar-refractivity contribution < 1.29 is 14.3 Å². The first kappa shape index (κ1) is 28.8. The van der Waals surface area contributed by atoms with Crippen molar-refractivity contribution in [3.05, 3.63) is 0 Å². The van der Waals surface area contributed by atoms with Crippen molar-refractivity contribution in [2.24, 2.45) is 11.8 Å². The van der Waals surface area contributed by atoms with Crippen LogP contribution in [0.3, 0.4) is 0 Å². The number of hydrogen-bond acceptors (Lipinski definition) is 5. The van der Waals surface area contributed by atoms with Crippen molar-refractivity contribution in [2.45, 2.75) is 78.5 Å². The van der Waals surface area contributed by atoms with E-state index in [1.54, 1.807) is 12.0 Å². The maximum absolute atomic E-state index is 12.9. The Balaban J connectivity index is 4.98. The first-order chi connectivity index (χ1) is 14.2. The van der Waals surface area contributed by atoms with Gasteiger partial charge in [0, 0.05) is 14.2 Å². The molecule has 2 N–H and O–H groups in total. The van der Waals surface area contributed by atoms with Gasteiger partial charge in [-0.3, -0.25) is 14.5 Å². The Morgan fingerprint density at radius 1 is 1.03 bits per heavy atom. The Morgan fingerprint density at radius 3 is 2.13 bits per heavy atom. The van der Waals surface area contributed by atoms with Crippen molar-refractivity contribution in [1.82, 2.24) is 20.4 Å². The van der Waals surface area contributed by atoms with Crippen LogP contribution in [0, 0.1) is 11.8 Å². The van der Waals surface area contributed by atoms with Crippen LogP contribution in [0.15, 0.2) is 0 Å². The lowest BCUT2D eigenvalue weighted by atomic mass is 9.91. The molecule has 7 nitrogen and oxygen atoms in total. The van der Waals surface area contributed by atoms with Gasteiger partial charge < -0.3 is 20.3 Å². The molecule has 0 aromatic heterocycles. The molecule has 0 aliphatic carbocycles. The van der Waals surface area contributed by atoms with Gasteiger partial charge in [0.1, 0.15) is 0 Å². The van der Waals surface area contributed by atoms with E-state index in [1.165, 1.54) is 0 Å². The lowest BCUT2D eigenvalue weighted by Crippen LogP contribution is -2.54. The number of carbonyl (C=O) groups is 2. The largest absolute Gasteiger partial charge is 0.379 e. The molecule has 0 heterocycles. The van der Waals surface area contributed by atoms with Crippen molar-refractivity contribution in [1.29, 1.82) is 0 Å². The molecule has 4 unspecified atom stereocenters. The summed E-state index contributed by atoms with van der Waals surface area (Å²) in [6, 6.07) is -0.254. The lowest BCUT2D eigenvalue weighted by molar-refractivity contribution is -0.138. The molecule has 0 spiro atoms. The van der Waals surface area contributed by atoms with Crippen molar-refractivity contribution in [3.8, 4) is 0 Å². The molecule has 0 aromatic carbocycles. The number of unbranched alkanes of at least 4 members (excludes halogenated alkanes) is 1. The van der Waals surface area contributed by atoms with Crippen LogP contribution >= 0.6 is 0 Å². The Kier molecular flexibility index (Phi) is 15.0. The maximum atomic E-state index is 12.9. The number of carbonyl (C=O) groups excluding carboxylic acids is 2. The molecule has 0 aliphatic rings. The second-order valence-corrected chi connectivity index (χ2v) is 8.76. The molecule has 0 rings (SSSR count). The van der Waals surface area contributed by atoms with E-state index in [0.717, 1.165) is 38.8 Å². The van der Waals surface area contributed by atoms with E-state index >= 15 is 0 Å². The smallest absolute Gasteiger partial charge is 0.242 e. The highest BCUT2D eigenvalue weighted by Crippen LogP contribution is 2.21. The summed E-state index contributed by atoms with van der Waals surface area (Å²) in [5.74, 6) is 0.315. The third kappa shape index (κ3) is 9.31. The Labute approximate surface area is 185 Å². The SMILES string of the molecule is CCC(C)C(C(CC)OC)N(C)C(=O)CNC(=O)C(C(C)C)N(C)CCCCNC. The average Bonchev–Trinajstić information content (AvgIpc) is 2.72. The average molecular weight is 429 g/mol. The Bertz CT molecular complexity index is 483. The minimum Gasteiger partial charge on any atom is -0.379 e. The van der Waals surface area contributed by atoms with E-state index in [0.29, 0.717) is 5.92 Å². The number of hydrogen-bond donors (Lipinski definition) is 2. The van der Waals surface area contributed by atoms with Crippen LogP contribution < -0.4 is 10.6 Å². The molecular weight excluding hydrogens is 380 g/mol. The molecule has 4 atom stereocenters.